The summed E-state index contributed by atoms with van der Waals surface area (Å²) in [5.41, 5.74) is 1.79. The average Bonchev–Trinajstić information content (AvgIpc) is 2.62. The molecule has 0 spiro atoms. The van der Waals surface area contributed by atoms with E-state index in [9.17, 15) is 8.42 Å². The van der Waals surface area contributed by atoms with Crippen molar-refractivity contribution >= 4 is 10.0 Å². The standard InChI is InChI=1S/C13H23N3O3S/c1-6-15(9-10(2)3)20(18,19)13-11(4)14-16(7-8-17)12(13)5/h17H,2,6-9H2,1,3-5H3. The van der Waals surface area contributed by atoms with Gasteiger partial charge in [-0.25, -0.2) is 8.42 Å². The van der Waals surface area contributed by atoms with E-state index in [0.717, 1.165) is 5.57 Å². The maximum atomic E-state index is 12.7. The van der Waals surface area contributed by atoms with Crippen molar-refractivity contribution < 1.29 is 13.5 Å². The molecule has 1 heterocycles. The molecule has 0 amide bonds. The third-order valence-electron chi connectivity index (χ3n) is 3.02. The molecule has 1 rings (SSSR count). The monoisotopic (exact) mass is 301 g/mol. The third kappa shape index (κ3) is 3.28. The van der Waals surface area contributed by atoms with Crippen molar-refractivity contribution in [3.8, 4) is 0 Å². The molecule has 0 aliphatic rings. The van der Waals surface area contributed by atoms with Crippen molar-refractivity contribution in [1.82, 2.24) is 14.1 Å². The quantitative estimate of drug-likeness (QED) is 0.765. The van der Waals surface area contributed by atoms with Crippen LogP contribution < -0.4 is 0 Å². The first-order valence-electron chi connectivity index (χ1n) is 6.55. The van der Waals surface area contributed by atoms with E-state index in [2.05, 4.69) is 11.7 Å². The summed E-state index contributed by atoms with van der Waals surface area (Å²) in [5.74, 6) is 0. The Bertz CT molecular complexity index is 590. The first kappa shape index (κ1) is 16.9. The van der Waals surface area contributed by atoms with Gasteiger partial charge in [0.15, 0.2) is 0 Å². The predicted molar refractivity (Wildman–Crippen MR) is 78.0 cm³/mol. The smallest absolute Gasteiger partial charge is 0.247 e. The molecule has 0 atom stereocenters. The summed E-state index contributed by atoms with van der Waals surface area (Å²) < 4.78 is 28.4. The largest absolute Gasteiger partial charge is 0.394 e. The summed E-state index contributed by atoms with van der Waals surface area (Å²) in [6.07, 6.45) is 0. The highest BCUT2D eigenvalue weighted by molar-refractivity contribution is 7.89. The lowest BCUT2D eigenvalue weighted by Crippen LogP contribution is -2.33. The van der Waals surface area contributed by atoms with Crippen LogP contribution in [0.15, 0.2) is 17.0 Å². The SMILES string of the molecule is C=C(C)CN(CC)S(=O)(=O)c1c(C)nn(CCO)c1C. The summed E-state index contributed by atoms with van der Waals surface area (Å²) in [6.45, 7) is 11.6. The van der Waals surface area contributed by atoms with Gasteiger partial charge >= 0.3 is 0 Å². The number of nitrogens with zero attached hydrogens (tertiary/aromatic N) is 3. The zero-order valence-corrected chi connectivity index (χ0v) is 13.4. The molecule has 20 heavy (non-hydrogen) atoms. The molecule has 0 saturated carbocycles. The molecule has 0 radical (unpaired) electrons. The number of aromatic nitrogens is 2. The number of rotatable bonds is 7. The summed E-state index contributed by atoms with van der Waals surface area (Å²) in [4.78, 5) is 0.231. The summed E-state index contributed by atoms with van der Waals surface area (Å²) >= 11 is 0. The highest BCUT2D eigenvalue weighted by atomic mass is 32.2. The number of aliphatic hydroxyl groups is 1. The number of aryl methyl sites for hydroxylation is 1. The Morgan fingerprint density at radius 2 is 2.05 bits per heavy atom. The Hall–Kier alpha value is -1.18. The van der Waals surface area contributed by atoms with Crippen LogP contribution in [0.4, 0.5) is 0 Å². The van der Waals surface area contributed by atoms with Gasteiger partial charge in [-0.1, -0.05) is 19.1 Å². The first-order valence-corrected chi connectivity index (χ1v) is 7.99. The molecule has 7 heteroatoms. The molecule has 0 aliphatic carbocycles. The van der Waals surface area contributed by atoms with Gasteiger partial charge < -0.3 is 5.11 Å². The zero-order valence-electron chi connectivity index (χ0n) is 12.5. The predicted octanol–water partition coefficient (Wildman–Crippen LogP) is 1.08. The van der Waals surface area contributed by atoms with Gasteiger partial charge in [0.05, 0.1) is 24.5 Å². The molecular formula is C13H23N3O3S. The third-order valence-corrected chi connectivity index (χ3v) is 5.20. The van der Waals surface area contributed by atoms with Crippen LogP contribution in [0.5, 0.6) is 0 Å². The lowest BCUT2D eigenvalue weighted by molar-refractivity contribution is 0.267. The summed E-state index contributed by atoms with van der Waals surface area (Å²) in [5, 5.41) is 13.2. The van der Waals surface area contributed by atoms with Crippen molar-refractivity contribution in [2.75, 3.05) is 19.7 Å². The fourth-order valence-corrected chi connectivity index (χ4v) is 4.04. The van der Waals surface area contributed by atoms with Gasteiger partial charge in [-0.15, -0.1) is 0 Å². The van der Waals surface area contributed by atoms with Gasteiger partial charge in [-0.3, -0.25) is 4.68 Å². The number of hydrogen-bond acceptors (Lipinski definition) is 4. The lowest BCUT2D eigenvalue weighted by atomic mass is 10.3. The molecule has 0 aliphatic heterocycles. The second kappa shape index (κ2) is 6.51. The van der Waals surface area contributed by atoms with Crippen molar-refractivity contribution in [3.05, 3.63) is 23.5 Å². The van der Waals surface area contributed by atoms with E-state index in [1.807, 2.05) is 0 Å². The zero-order chi connectivity index (χ0) is 15.5. The molecule has 0 unspecified atom stereocenters. The summed E-state index contributed by atoms with van der Waals surface area (Å²) in [7, 11) is -3.60. The van der Waals surface area contributed by atoms with Crippen LogP contribution in [0.25, 0.3) is 0 Å². The minimum Gasteiger partial charge on any atom is -0.394 e. The minimum atomic E-state index is -3.60. The molecule has 1 aromatic heterocycles. The average molecular weight is 301 g/mol. The summed E-state index contributed by atoms with van der Waals surface area (Å²) in [6, 6.07) is 0. The second-order valence-electron chi connectivity index (χ2n) is 4.84. The van der Waals surface area contributed by atoms with E-state index < -0.39 is 10.0 Å². The highest BCUT2D eigenvalue weighted by Crippen LogP contribution is 2.23. The van der Waals surface area contributed by atoms with E-state index in [0.29, 0.717) is 24.5 Å². The Labute approximate surface area is 120 Å². The molecular weight excluding hydrogens is 278 g/mol. The van der Waals surface area contributed by atoms with Crippen molar-refractivity contribution in [1.29, 1.82) is 0 Å². The van der Waals surface area contributed by atoms with Gasteiger partial charge in [-0.05, 0) is 20.8 Å². The molecule has 114 valence electrons. The maximum Gasteiger partial charge on any atom is 0.247 e. The van der Waals surface area contributed by atoms with Crippen molar-refractivity contribution in [2.24, 2.45) is 0 Å². The molecule has 0 fully saturated rings. The van der Waals surface area contributed by atoms with Gasteiger partial charge in [0.25, 0.3) is 0 Å². The normalized spacial score (nSPS) is 12.1. The second-order valence-corrected chi connectivity index (χ2v) is 6.71. The van der Waals surface area contributed by atoms with Crippen molar-refractivity contribution in [3.63, 3.8) is 0 Å². The Morgan fingerprint density at radius 3 is 2.50 bits per heavy atom. The number of sulfonamides is 1. The first-order chi connectivity index (χ1) is 9.25. The Morgan fingerprint density at radius 1 is 1.45 bits per heavy atom. The van der Waals surface area contributed by atoms with Gasteiger partial charge in [0.1, 0.15) is 4.90 Å². The molecule has 1 aromatic rings. The number of hydrogen-bond donors (Lipinski definition) is 1. The molecule has 0 saturated heterocycles. The van der Waals surface area contributed by atoms with Crippen molar-refractivity contribution in [2.45, 2.75) is 39.1 Å². The van der Waals surface area contributed by atoms with E-state index in [1.54, 1.807) is 27.7 Å². The van der Waals surface area contributed by atoms with Crippen LogP contribution >= 0.6 is 0 Å². The minimum absolute atomic E-state index is 0.0787. The van der Waals surface area contributed by atoms with Crippen LogP contribution in [0, 0.1) is 13.8 Å². The van der Waals surface area contributed by atoms with Crippen LogP contribution in [0.2, 0.25) is 0 Å². The molecule has 0 aromatic carbocycles. The Balaban J connectivity index is 3.30. The Kier molecular flexibility index (Phi) is 5.50. The molecule has 6 nitrogen and oxygen atoms in total. The van der Waals surface area contributed by atoms with Crippen LogP contribution in [-0.4, -0.2) is 47.3 Å². The van der Waals surface area contributed by atoms with E-state index in [-0.39, 0.29) is 18.0 Å². The van der Waals surface area contributed by atoms with Gasteiger partial charge in [-0.2, -0.15) is 9.40 Å². The number of aliphatic hydroxyl groups excluding tert-OH is 1. The fraction of sp³-hybridized carbons (Fsp3) is 0.615. The fourth-order valence-electron chi connectivity index (χ4n) is 2.16. The van der Waals surface area contributed by atoms with Gasteiger partial charge in [0, 0.05) is 13.1 Å². The lowest BCUT2D eigenvalue weighted by Gasteiger charge is -2.20. The van der Waals surface area contributed by atoms with Crippen LogP contribution in [-0.2, 0) is 16.6 Å². The molecule has 0 bridgehead atoms. The van der Waals surface area contributed by atoms with Crippen LogP contribution in [0.1, 0.15) is 25.2 Å². The van der Waals surface area contributed by atoms with Crippen LogP contribution in [0.3, 0.4) is 0 Å². The van der Waals surface area contributed by atoms with E-state index >= 15 is 0 Å². The molecule has 1 N–H and O–H groups in total. The van der Waals surface area contributed by atoms with E-state index in [4.69, 9.17) is 5.11 Å². The number of likely N-dealkylation sites (N-methyl/N-ethyl adjacent to an activating group) is 1. The maximum absolute atomic E-state index is 12.7. The highest BCUT2D eigenvalue weighted by Gasteiger charge is 2.29. The topological polar surface area (TPSA) is 75.4 Å². The van der Waals surface area contributed by atoms with E-state index in [1.165, 1.54) is 8.99 Å². The van der Waals surface area contributed by atoms with Gasteiger partial charge in [0.2, 0.25) is 10.0 Å².